The van der Waals surface area contributed by atoms with Gasteiger partial charge < -0.3 is 29.6 Å². The van der Waals surface area contributed by atoms with E-state index in [1.807, 2.05) is 18.7 Å². The van der Waals surface area contributed by atoms with Crippen LogP contribution in [0.4, 0.5) is 0 Å². The summed E-state index contributed by atoms with van der Waals surface area (Å²) >= 11 is 0. The van der Waals surface area contributed by atoms with E-state index in [4.69, 9.17) is 4.74 Å². The maximum Gasteiger partial charge on any atom is 0.328 e. The molecular weight excluding hydrogens is 632 g/mol. The number of amides is 3. The van der Waals surface area contributed by atoms with Crippen molar-refractivity contribution in [3.05, 3.63) is 0 Å². The number of hydrogen-bond acceptors (Lipinski definition) is 8. The topological polar surface area (TPSA) is 174 Å². The van der Waals surface area contributed by atoms with E-state index in [1.54, 1.807) is 20.8 Å². The molecule has 0 aromatic heterocycles. The van der Waals surface area contributed by atoms with Crippen molar-refractivity contribution in [3.63, 3.8) is 0 Å². The second kappa shape index (κ2) is 17.1. The lowest BCUT2D eigenvalue weighted by atomic mass is 9.84. The van der Waals surface area contributed by atoms with Crippen LogP contribution in [-0.2, 0) is 33.5 Å². The van der Waals surface area contributed by atoms with Crippen LogP contribution in [0.3, 0.4) is 0 Å². The van der Waals surface area contributed by atoms with Gasteiger partial charge in [-0.3, -0.25) is 24.5 Å². The maximum atomic E-state index is 13.3. The van der Waals surface area contributed by atoms with Crippen molar-refractivity contribution in [1.82, 2.24) is 20.0 Å². The molecule has 2 saturated carbocycles. The fraction of sp³-hybridized carbons (Fsp3) is 0.833. The summed E-state index contributed by atoms with van der Waals surface area (Å²) < 4.78 is 5.19. The first-order chi connectivity index (χ1) is 23.4. The van der Waals surface area contributed by atoms with Crippen molar-refractivity contribution < 1.29 is 43.7 Å². The van der Waals surface area contributed by atoms with Gasteiger partial charge in [-0.15, -0.1) is 0 Å². The Hall–Kier alpha value is -3.22. The van der Waals surface area contributed by atoms with E-state index >= 15 is 0 Å². The molecule has 13 heteroatoms. The van der Waals surface area contributed by atoms with Gasteiger partial charge in [-0.2, -0.15) is 0 Å². The summed E-state index contributed by atoms with van der Waals surface area (Å²) in [5, 5.41) is 21.6. The number of aliphatic carboxylic acids is 2. The molecule has 0 aromatic rings. The molecule has 3 saturated heterocycles. The third-order valence-corrected chi connectivity index (χ3v) is 11.4. The average Bonchev–Trinajstić information content (AvgIpc) is 3.66. The van der Waals surface area contributed by atoms with Crippen LogP contribution in [0.15, 0.2) is 0 Å². The van der Waals surface area contributed by atoms with Gasteiger partial charge in [-0.1, -0.05) is 52.4 Å². The number of nitrogens with one attached hydrogen (secondary N) is 1. The second-order valence-corrected chi connectivity index (χ2v) is 14.6. The Balaban J connectivity index is 0.000000221. The zero-order chi connectivity index (χ0) is 36.0. The number of esters is 1. The van der Waals surface area contributed by atoms with Crippen molar-refractivity contribution in [3.8, 4) is 0 Å². The highest BCUT2D eigenvalue weighted by atomic mass is 16.5. The largest absolute Gasteiger partial charge is 0.480 e. The van der Waals surface area contributed by atoms with Crippen LogP contribution >= 0.6 is 0 Å². The number of hydrogen-bond donors (Lipinski definition) is 3. The van der Waals surface area contributed by atoms with E-state index in [2.05, 4.69) is 5.32 Å². The Morgan fingerprint density at radius 1 is 0.857 bits per heavy atom. The average molecular weight is 691 g/mol. The highest BCUT2D eigenvalue weighted by Gasteiger charge is 2.56. The van der Waals surface area contributed by atoms with E-state index in [-0.39, 0.29) is 54.3 Å². The van der Waals surface area contributed by atoms with E-state index in [1.165, 1.54) is 16.2 Å². The van der Waals surface area contributed by atoms with Gasteiger partial charge >= 0.3 is 17.9 Å². The van der Waals surface area contributed by atoms with Crippen LogP contribution in [0.5, 0.6) is 0 Å². The highest BCUT2D eigenvalue weighted by molar-refractivity contribution is 5.99. The molecule has 0 bridgehead atoms. The predicted octanol–water partition coefficient (Wildman–Crippen LogP) is 3.57. The van der Waals surface area contributed by atoms with Gasteiger partial charge in [0.05, 0.1) is 12.6 Å². The van der Waals surface area contributed by atoms with Crippen LogP contribution in [-0.4, -0.2) is 115 Å². The van der Waals surface area contributed by atoms with E-state index < -0.39 is 42.1 Å². The molecule has 0 spiro atoms. The summed E-state index contributed by atoms with van der Waals surface area (Å²) in [7, 11) is 0. The minimum absolute atomic E-state index is 0.00408. The number of likely N-dealkylation sites (tertiary alicyclic amines) is 1. The summed E-state index contributed by atoms with van der Waals surface area (Å²) in [6.45, 7) is 9.29. The first-order valence-corrected chi connectivity index (χ1v) is 18.7. The highest BCUT2D eigenvalue weighted by Crippen LogP contribution is 2.43. The molecule has 5 fully saturated rings. The van der Waals surface area contributed by atoms with Crippen LogP contribution in [0.2, 0.25) is 0 Å². The van der Waals surface area contributed by atoms with Gasteiger partial charge in [0.25, 0.3) is 0 Å². The quantitative estimate of drug-likeness (QED) is 0.257. The third kappa shape index (κ3) is 8.23. The number of ether oxygens (including phenoxy) is 1. The molecule has 2 aliphatic carbocycles. The number of carbonyl (C=O) groups is 6. The lowest BCUT2D eigenvalue weighted by Gasteiger charge is -2.45. The predicted molar refractivity (Wildman–Crippen MR) is 180 cm³/mol. The Labute approximate surface area is 290 Å². The summed E-state index contributed by atoms with van der Waals surface area (Å²) in [5.41, 5.74) is 0. The van der Waals surface area contributed by atoms with Gasteiger partial charge in [0, 0.05) is 12.1 Å². The van der Waals surface area contributed by atoms with Gasteiger partial charge in [-0.25, -0.2) is 9.59 Å². The van der Waals surface area contributed by atoms with Crippen LogP contribution in [0.1, 0.15) is 125 Å². The molecule has 0 unspecified atom stereocenters. The zero-order valence-corrected chi connectivity index (χ0v) is 30.0. The number of carboxylic acids is 2. The molecule has 5 aliphatic rings. The molecule has 3 amide bonds. The van der Waals surface area contributed by atoms with Crippen LogP contribution in [0.25, 0.3) is 0 Å². The Kier molecular flexibility index (Phi) is 13.5. The smallest absolute Gasteiger partial charge is 0.328 e. The molecule has 3 heterocycles. The summed E-state index contributed by atoms with van der Waals surface area (Å²) in [4.78, 5) is 79.5. The maximum absolute atomic E-state index is 13.3. The lowest BCUT2D eigenvalue weighted by molar-refractivity contribution is -0.170. The molecule has 10 atom stereocenters. The number of piperazine rings is 1. The van der Waals surface area contributed by atoms with Crippen LogP contribution < -0.4 is 5.32 Å². The second-order valence-electron chi connectivity index (χ2n) is 14.6. The Bertz CT molecular complexity index is 1230. The van der Waals surface area contributed by atoms with Crippen molar-refractivity contribution in [1.29, 1.82) is 0 Å². The zero-order valence-electron chi connectivity index (χ0n) is 30.0. The molecular formula is C36H58N4O9. The molecule has 13 nitrogen and oxygen atoms in total. The van der Waals surface area contributed by atoms with Gasteiger partial charge in [0.2, 0.25) is 17.7 Å². The van der Waals surface area contributed by atoms with Crippen molar-refractivity contribution >= 4 is 35.6 Å². The Morgan fingerprint density at radius 2 is 1.45 bits per heavy atom. The minimum Gasteiger partial charge on any atom is -0.480 e. The van der Waals surface area contributed by atoms with Gasteiger partial charge in [0.15, 0.2) is 0 Å². The lowest BCUT2D eigenvalue weighted by Crippen LogP contribution is -2.67. The molecule has 0 radical (unpaired) electrons. The number of fused-ring (bicyclic) bond motifs is 4. The number of nitrogens with zero attached hydrogens (tertiary/aromatic N) is 3. The van der Waals surface area contributed by atoms with Gasteiger partial charge in [0.1, 0.15) is 30.2 Å². The Morgan fingerprint density at radius 3 is 2.02 bits per heavy atom. The first-order valence-electron chi connectivity index (χ1n) is 18.7. The SMILES string of the molecule is CCC[C@@H](C(=O)OCC)N1C(=O)[C@@H]2C[C@@H]3CCCC[C@@H]3N2C(=O)[C@@H]1C.CCC[C@H](N[C@@H](C)C(=O)N1[C@H](C(=O)O)C[C@@H]2CCCC[C@@H]21)C(=O)O. The molecule has 5 rings (SSSR count). The summed E-state index contributed by atoms with van der Waals surface area (Å²) in [6, 6.07) is -3.72. The van der Waals surface area contributed by atoms with Crippen molar-refractivity contribution in [2.75, 3.05) is 6.61 Å². The summed E-state index contributed by atoms with van der Waals surface area (Å²) in [5.74, 6) is -2.00. The minimum atomic E-state index is -0.983. The molecule has 3 N–H and O–H groups in total. The fourth-order valence-corrected chi connectivity index (χ4v) is 9.16. The molecule has 49 heavy (non-hydrogen) atoms. The monoisotopic (exact) mass is 690 g/mol. The summed E-state index contributed by atoms with van der Waals surface area (Å²) in [6.07, 6.45) is 12.0. The fourth-order valence-electron chi connectivity index (χ4n) is 9.16. The number of carboxylic acid groups (broad SMARTS) is 2. The van der Waals surface area contributed by atoms with E-state index in [9.17, 15) is 39.0 Å². The molecule has 276 valence electrons. The van der Waals surface area contributed by atoms with Crippen molar-refractivity contribution in [2.24, 2.45) is 11.8 Å². The van der Waals surface area contributed by atoms with Crippen LogP contribution in [0, 0.1) is 11.8 Å². The standard InChI is InChI=1S/C19H30N2O4.C17H28N2O5/c1-4-8-15(19(24)25-5-2)20-12(3)17(22)21-14-10-7-6-9-13(14)11-16(21)18(20)23;1-3-6-12(16(21)22)18-10(2)15(20)19-13-8-5-4-7-11(13)9-14(19)17(23)24/h12-16H,4-11H2,1-3H3;10-14,18H,3-9H2,1-2H3,(H,21,22)(H,23,24)/t12-,13-,14-,15-,16-;10-,11-,12-,13-,14-/m00/s1. The van der Waals surface area contributed by atoms with E-state index in [0.29, 0.717) is 31.6 Å². The number of rotatable bonds is 12. The molecule has 0 aromatic carbocycles. The van der Waals surface area contributed by atoms with Gasteiger partial charge in [-0.05, 0) is 84.0 Å². The van der Waals surface area contributed by atoms with E-state index in [0.717, 1.165) is 57.8 Å². The van der Waals surface area contributed by atoms with Crippen molar-refractivity contribution in [2.45, 2.75) is 173 Å². The first kappa shape index (κ1) is 38.6. The molecule has 3 aliphatic heterocycles. The number of carbonyl (C=O) groups excluding carboxylic acids is 4. The normalized spacial score (nSPS) is 31.0. The third-order valence-electron chi connectivity index (χ3n) is 11.4.